The molecule has 120 valence electrons. The Morgan fingerprint density at radius 3 is 2.78 bits per heavy atom. The molecule has 1 atom stereocenters. The van der Waals surface area contributed by atoms with Crippen LogP contribution in [0.25, 0.3) is 10.2 Å². The van der Waals surface area contributed by atoms with Crippen LogP contribution in [0.5, 0.6) is 0 Å². The van der Waals surface area contributed by atoms with Crippen LogP contribution in [0.4, 0.5) is 0 Å². The summed E-state index contributed by atoms with van der Waals surface area (Å²) in [5.41, 5.74) is 2.17. The van der Waals surface area contributed by atoms with Crippen molar-refractivity contribution in [2.24, 2.45) is 0 Å². The summed E-state index contributed by atoms with van der Waals surface area (Å²) in [5.74, 6) is 0.00575. The Morgan fingerprint density at radius 2 is 2.09 bits per heavy atom. The van der Waals surface area contributed by atoms with Crippen LogP contribution in [0.2, 0.25) is 0 Å². The van der Waals surface area contributed by atoms with Crippen molar-refractivity contribution in [3.8, 4) is 0 Å². The van der Waals surface area contributed by atoms with Gasteiger partial charge < -0.3 is 5.32 Å². The highest BCUT2D eigenvalue weighted by Gasteiger charge is 2.17. The van der Waals surface area contributed by atoms with Crippen LogP contribution in [0, 0.1) is 6.92 Å². The SMILES string of the molecule is CCC(C)NC(=O)c1cc2c(C)nn(Cc3ccccc3)c2s1. The third-order valence-corrected chi connectivity index (χ3v) is 5.14. The molecule has 0 radical (unpaired) electrons. The summed E-state index contributed by atoms with van der Waals surface area (Å²) in [5, 5.41) is 8.71. The van der Waals surface area contributed by atoms with Crippen molar-refractivity contribution in [2.45, 2.75) is 39.8 Å². The summed E-state index contributed by atoms with van der Waals surface area (Å²) in [6.07, 6.45) is 0.928. The second-order valence-electron chi connectivity index (χ2n) is 5.84. The van der Waals surface area contributed by atoms with Gasteiger partial charge in [-0.3, -0.25) is 9.48 Å². The number of amides is 1. The van der Waals surface area contributed by atoms with Crippen molar-refractivity contribution in [3.05, 3.63) is 52.5 Å². The number of benzene rings is 1. The minimum Gasteiger partial charge on any atom is -0.349 e. The van der Waals surface area contributed by atoms with Gasteiger partial charge in [0.05, 0.1) is 17.1 Å². The van der Waals surface area contributed by atoms with E-state index in [4.69, 9.17) is 0 Å². The molecule has 0 saturated heterocycles. The van der Waals surface area contributed by atoms with Crippen LogP contribution in [0.1, 0.15) is 41.2 Å². The van der Waals surface area contributed by atoms with Gasteiger partial charge in [0.25, 0.3) is 5.91 Å². The molecule has 1 amide bonds. The van der Waals surface area contributed by atoms with Gasteiger partial charge in [0, 0.05) is 11.4 Å². The molecular formula is C18H21N3OS. The Morgan fingerprint density at radius 1 is 1.35 bits per heavy atom. The molecule has 2 heterocycles. The lowest BCUT2D eigenvalue weighted by atomic mass is 10.2. The number of nitrogens with zero attached hydrogens (tertiary/aromatic N) is 2. The fraction of sp³-hybridized carbons (Fsp3) is 0.333. The highest BCUT2D eigenvalue weighted by Crippen LogP contribution is 2.29. The van der Waals surface area contributed by atoms with E-state index < -0.39 is 0 Å². The lowest BCUT2D eigenvalue weighted by Crippen LogP contribution is -2.31. The van der Waals surface area contributed by atoms with Gasteiger partial charge in [-0.15, -0.1) is 11.3 Å². The Balaban J connectivity index is 1.91. The Labute approximate surface area is 140 Å². The highest BCUT2D eigenvalue weighted by atomic mass is 32.1. The van der Waals surface area contributed by atoms with E-state index in [9.17, 15) is 4.79 Å². The van der Waals surface area contributed by atoms with E-state index in [1.807, 2.05) is 42.8 Å². The number of carbonyl (C=O) groups excluding carboxylic acids is 1. The summed E-state index contributed by atoms with van der Waals surface area (Å²) in [6, 6.07) is 12.4. The lowest BCUT2D eigenvalue weighted by Gasteiger charge is -2.09. The fourth-order valence-corrected chi connectivity index (χ4v) is 3.55. The van der Waals surface area contributed by atoms with Gasteiger partial charge in [-0.1, -0.05) is 37.3 Å². The number of thiophene rings is 1. The maximum Gasteiger partial charge on any atom is 0.261 e. The molecule has 0 fully saturated rings. The number of aromatic nitrogens is 2. The number of hydrogen-bond donors (Lipinski definition) is 1. The van der Waals surface area contributed by atoms with Gasteiger partial charge in [0.2, 0.25) is 0 Å². The maximum atomic E-state index is 12.3. The first-order valence-corrected chi connectivity index (χ1v) is 8.72. The molecule has 0 aliphatic rings. The number of fused-ring (bicyclic) bond motifs is 1. The molecule has 2 aromatic heterocycles. The standard InChI is InChI=1S/C18H21N3OS/c1-4-12(2)19-17(22)16-10-15-13(3)20-21(18(15)23-16)11-14-8-6-5-7-9-14/h5-10,12H,4,11H2,1-3H3,(H,19,22). The first kappa shape index (κ1) is 15.7. The molecule has 1 aromatic carbocycles. The van der Waals surface area contributed by atoms with Gasteiger partial charge in [0.1, 0.15) is 4.83 Å². The number of aryl methyl sites for hydroxylation is 1. The van der Waals surface area contributed by atoms with Crippen LogP contribution in [-0.2, 0) is 6.54 Å². The second-order valence-corrected chi connectivity index (χ2v) is 6.87. The third-order valence-electron chi connectivity index (χ3n) is 4.00. The molecule has 1 unspecified atom stereocenters. The van der Waals surface area contributed by atoms with E-state index >= 15 is 0 Å². The molecule has 1 N–H and O–H groups in total. The van der Waals surface area contributed by atoms with E-state index in [1.54, 1.807) is 0 Å². The first-order chi connectivity index (χ1) is 11.1. The predicted octanol–water partition coefficient (Wildman–Crippen LogP) is 3.98. The summed E-state index contributed by atoms with van der Waals surface area (Å²) in [4.78, 5) is 14.1. The van der Waals surface area contributed by atoms with E-state index in [0.29, 0.717) is 0 Å². The number of carbonyl (C=O) groups is 1. The topological polar surface area (TPSA) is 46.9 Å². The van der Waals surface area contributed by atoms with Gasteiger partial charge >= 0.3 is 0 Å². The fourth-order valence-electron chi connectivity index (χ4n) is 2.49. The van der Waals surface area contributed by atoms with E-state index in [2.05, 4.69) is 29.5 Å². The molecule has 0 aliphatic heterocycles. The molecule has 0 spiro atoms. The smallest absolute Gasteiger partial charge is 0.261 e. The molecular weight excluding hydrogens is 306 g/mol. The molecule has 0 aliphatic carbocycles. The summed E-state index contributed by atoms with van der Waals surface area (Å²) < 4.78 is 1.99. The second kappa shape index (κ2) is 6.54. The Hall–Kier alpha value is -2.14. The largest absolute Gasteiger partial charge is 0.349 e. The summed E-state index contributed by atoms with van der Waals surface area (Å²) in [6.45, 7) is 6.80. The van der Waals surface area contributed by atoms with Crippen molar-refractivity contribution in [3.63, 3.8) is 0 Å². The minimum absolute atomic E-state index is 0.00575. The predicted molar refractivity (Wildman–Crippen MR) is 95.1 cm³/mol. The minimum atomic E-state index is 0.00575. The molecule has 0 bridgehead atoms. The molecule has 4 nitrogen and oxygen atoms in total. The highest BCUT2D eigenvalue weighted by molar-refractivity contribution is 7.20. The molecule has 3 rings (SSSR count). The number of hydrogen-bond acceptors (Lipinski definition) is 3. The van der Waals surface area contributed by atoms with Gasteiger partial charge in [-0.05, 0) is 31.9 Å². The number of nitrogens with one attached hydrogen (secondary N) is 1. The zero-order valence-electron chi connectivity index (χ0n) is 13.7. The molecule has 0 saturated carbocycles. The summed E-state index contributed by atoms with van der Waals surface area (Å²) in [7, 11) is 0. The van der Waals surface area contributed by atoms with Crippen LogP contribution < -0.4 is 5.32 Å². The Kier molecular flexibility index (Phi) is 4.48. The number of rotatable bonds is 5. The van der Waals surface area contributed by atoms with Crippen molar-refractivity contribution in [1.82, 2.24) is 15.1 Å². The van der Waals surface area contributed by atoms with Crippen LogP contribution >= 0.6 is 11.3 Å². The molecule has 3 aromatic rings. The van der Waals surface area contributed by atoms with Gasteiger partial charge in [-0.2, -0.15) is 5.10 Å². The van der Waals surface area contributed by atoms with Crippen LogP contribution in [0.3, 0.4) is 0 Å². The lowest BCUT2D eigenvalue weighted by molar-refractivity contribution is 0.0943. The summed E-state index contributed by atoms with van der Waals surface area (Å²) >= 11 is 1.51. The zero-order chi connectivity index (χ0) is 16.4. The third kappa shape index (κ3) is 3.29. The maximum absolute atomic E-state index is 12.3. The van der Waals surface area contributed by atoms with E-state index in [0.717, 1.165) is 33.8 Å². The quantitative estimate of drug-likeness (QED) is 0.770. The van der Waals surface area contributed by atoms with E-state index in [-0.39, 0.29) is 11.9 Å². The van der Waals surface area contributed by atoms with Crippen molar-refractivity contribution >= 4 is 27.5 Å². The monoisotopic (exact) mass is 327 g/mol. The molecule has 23 heavy (non-hydrogen) atoms. The van der Waals surface area contributed by atoms with Crippen molar-refractivity contribution in [2.75, 3.05) is 0 Å². The normalized spacial score (nSPS) is 12.5. The Bertz CT molecular complexity index is 820. The average molecular weight is 327 g/mol. The van der Waals surface area contributed by atoms with Crippen LogP contribution in [-0.4, -0.2) is 21.7 Å². The van der Waals surface area contributed by atoms with Gasteiger partial charge in [-0.25, -0.2) is 0 Å². The van der Waals surface area contributed by atoms with Gasteiger partial charge in [0.15, 0.2) is 0 Å². The van der Waals surface area contributed by atoms with Crippen molar-refractivity contribution in [1.29, 1.82) is 0 Å². The molecule has 5 heteroatoms. The first-order valence-electron chi connectivity index (χ1n) is 7.90. The van der Waals surface area contributed by atoms with Crippen LogP contribution in [0.15, 0.2) is 36.4 Å². The zero-order valence-corrected chi connectivity index (χ0v) is 14.5. The van der Waals surface area contributed by atoms with E-state index in [1.165, 1.54) is 16.9 Å². The average Bonchev–Trinajstić information content (AvgIpc) is 3.10. The van der Waals surface area contributed by atoms with Crippen molar-refractivity contribution < 1.29 is 4.79 Å².